The van der Waals surface area contributed by atoms with E-state index in [1.54, 1.807) is 6.07 Å². The van der Waals surface area contributed by atoms with E-state index in [1.807, 2.05) is 0 Å². The first-order valence-electron chi connectivity index (χ1n) is 11.7. The van der Waals surface area contributed by atoms with E-state index in [2.05, 4.69) is 0 Å². The zero-order chi connectivity index (χ0) is 29.0. The number of hydrogen-bond donors (Lipinski definition) is 5. The number of aromatic hydroxyl groups is 3. The normalized spacial score (nSPS) is 16.7. The van der Waals surface area contributed by atoms with Crippen LogP contribution in [-0.2, 0) is 25.5 Å². The van der Waals surface area contributed by atoms with E-state index < -0.39 is 42.0 Å². The quantitative estimate of drug-likeness (QED) is 0.148. The highest BCUT2D eigenvalue weighted by Gasteiger charge is 2.38. The highest BCUT2D eigenvalue weighted by Crippen LogP contribution is 2.41. The number of carbonyl (C=O) groups is 3. The second-order valence-electron chi connectivity index (χ2n) is 8.68. The van der Waals surface area contributed by atoms with Crippen LogP contribution in [-0.4, -0.2) is 62.8 Å². The molecule has 40 heavy (non-hydrogen) atoms. The van der Waals surface area contributed by atoms with E-state index in [1.165, 1.54) is 61.7 Å². The fraction of sp³-hybridized carbons (Fsp3) is 0.179. The zero-order valence-electron chi connectivity index (χ0n) is 20.9. The second-order valence-corrected chi connectivity index (χ2v) is 8.68. The Bertz CT molecular complexity index is 1480. The van der Waals surface area contributed by atoms with Crippen LogP contribution in [0.1, 0.15) is 22.8 Å². The van der Waals surface area contributed by atoms with E-state index >= 15 is 0 Å². The summed E-state index contributed by atoms with van der Waals surface area (Å²) in [5.41, 5.74) is 1.12. The number of methoxy groups -OCH3 is 1. The van der Waals surface area contributed by atoms with Gasteiger partial charge in [-0.1, -0.05) is 18.2 Å². The maximum Gasteiger partial charge on any atom is 0.349 e. The van der Waals surface area contributed by atoms with Crippen molar-refractivity contribution in [3.63, 3.8) is 0 Å². The molecule has 4 rings (SSSR count). The smallest absolute Gasteiger partial charge is 0.349 e. The number of fused-ring (bicyclic) bond motifs is 1. The van der Waals surface area contributed by atoms with E-state index in [9.17, 15) is 39.9 Å². The van der Waals surface area contributed by atoms with Crippen molar-refractivity contribution in [3.05, 3.63) is 77.4 Å². The van der Waals surface area contributed by atoms with Gasteiger partial charge in [-0.25, -0.2) is 14.4 Å². The molecule has 3 unspecified atom stereocenters. The average Bonchev–Trinajstić information content (AvgIpc) is 2.93. The summed E-state index contributed by atoms with van der Waals surface area (Å²) in [7, 11) is 1.35. The van der Waals surface area contributed by atoms with E-state index in [0.717, 1.165) is 6.08 Å². The molecule has 0 aromatic heterocycles. The van der Waals surface area contributed by atoms with Crippen LogP contribution < -0.4 is 14.2 Å². The summed E-state index contributed by atoms with van der Waals surface area (Å²) in [5, 5.41) is 48.2. The number of carboxylic acids is 2. The minimum absolute atomic E-state index is 0.0758. The zero-order valence-corrected chi connectivity index (χ0v) is 20.9. The molecule has 3 aromatic carbocycles. The molecule has 3 atom stereocenters. The monoisotopic (exact) mass is 552 g/mol. The lowest BCUT2D eigenvalue weighted by atomic mass is 10.0. The topological polar surface area (TPSA) is 189 Å². The maximum atomic E-state index is 12.4. The predicted molar refractivity (Wildman–Crippen MR) is 137 cm³/mol. The van der Waals surface area contributed by atoms with Gasteiger partial charge in [-0.3, -0.25) is 0 Å². The molecule has 12 heteroatoms. The molecule has 0 aliphatic carbocycles. The standard InChI is InChI=1S/C28H24O12/c1-37-21-11-15(2-6-18(21)30)12-23(27(33)34)38-24(32)9-4-14-3-8-20-22(10-14)40-26(28(35)36)25(39-20)16-5-7-17(29)19(31)13-16/h2-11,13,23,25-26,29-31H,12H2,1H3,(H,33,34)(H,35,36). The van der Waals surface area contributed by atoms with Crippen molar-refractivity contribution in [1.29, 1.82) is 0 Å². The van der Waals surface area contributed by atoms with Gasteiger partial charge in [0.05, 0.1) is 7.11 Å². The summed E-state index contributed by atoms with van der Waals surface area (Å²) in [4.78, 5) is 35.9. The number of phenolic OH excluding ortho intramolecular Hbond substituents is 3. The van der Waals surface area contributed by atoms with Gasteiger partial charge in [-0.15, -0.1) is 0 Å². The third kappa shape index (κ3) is 6.18. The fourth-order valence-electron chi connectivity index (χ4n) is 3.94. The van der Waals surface area contributed by atoms with Gasteiger partial charge in [0.2, 0.25) is 12.2 Å². The Morgan fingerprint density at radius 2 is 1.65 bits per heavy atom. The van der Waals surface area contributed by atoms with Gasteiger partial charge in [0.1, 0.15) is 0 Å². The Kier molecular flexibility index (Phi) is 7.99. The number of ether oxygens (including phenoxy) is 4. The number of benzene rings is 3. The largest absolute Gasteiger partial charge is 0.504 e. The minimum atomic E-state index is -1.51. The Morgan fingerprint density at radius 3 is 2.33 bits per heavy atom. The van der Waals surface area contributed by atoms with Crippen LogP contribution in [0, 0.1) is 0 Å². The first kappa shape index (κ1) is 27.6. The Labute approximate surface area is 226 Å². The molecule has 0 radical (unpaired) electrons. The number of rotatable bonds is 9. The van der Waals surface area contributed by atoms with Crippen molar-refractivity contribution in [3.8, 4) is 34.5 Å². The van der Waals surface area contributed by atoms with Crippen molar-refractivity contribution in [2.75, 3.05) is 7.11 Å². The van der Waals surface area contributed by atoms with Gasteiger partial charge in [0.15, 0.2) is 40.6 Å². The van der Waals surface area contributed by atoms with Gasteiger partial charge >= 0.3 is 17.9 Å². The van der Waals surface area contributed by atoms with Gasteiger partial charge in [0, 0.05) is 18.1 Å². The van der Waals surface area contributed by atoms with Crippen molar-refractivity contribution in [2.45, 2.75) is 24.7 Å². The van der Waals surface area contributed by atoms with E-state index in [-0.39, 0.29) is 40.7 Å². The lowest BCUT2D eigenvalue weighted by molar-refractivity contribution is -0.160. The first-order valence-corrected chi connectivity index (χ1v) is 11.7. The van der Waals surface area contributed by atoms with Gasteiger partial charge in [0.25, 0.3) is 0 Å². The Morgan fingerprint density at radius 1 is 0.900 bits per heavy atom. The molecule has 0 spiro atoms. The van der Waals surface area contributed by atoms with Gasteiger partial charge in [-0.2, -0.15) is 0 Å². The second kappa shape index (κ2) is 11.6. The first-order chi connectivity index (χ1) is 19.0. The molecular formula is C28H24O12. The summed E-state index contributed by atoms with van der Waals surface area (Å²) < 4.78 is 21.6. The van der Waals surface area contributed by atoms with E-state index in [0.29, 0.717) is 11.1 Å². The molecule has 208 valence electrons. The molecule has 12 nitrogen and oxygen atoms in total. The van der Waals surface area contributed by atoms with Gasteiger partial charge < -0.3 is 44.5 Å². The highest BCUT2D eigenvalue weighted by atomic mass is 16.6. The van der Waals surface area contributed by atoms with Crippen molar-refractivity contribution >= 4 is 24.0 Å². The molecule has 0 saturated carbocycles. The molecular weight excluding hydrogens is 528 g/mol. The van der Waals surface area contributed by atoms with Crippen molar-refractivity contribution < 1.29 is 58.9 Å². The van der Waals surface area contributed by atoms with Crippen LogP contribution in [0.3, 0.4) is 0 Å². The molecule has 5 N–H and O–H groups in total. The van der Waals surface area contributed by atoms with E-state index in [4.69, 9.17) is 18.9 Å². The number of phenols is 3. The molecule has 0 fully saturated rings. The lowest BCUT2D eigenvalue weighted by Crippen LogP contribution is -2.39. The predicted octanol–water partition coefficient (Wildman–Crippen LogP) is 3.03. The summed E-state index contributed by atoms with van der Waals surface area (Å²) in [6.45, 7) is 0. The van der Waals surface area contributed by atoms with Gasteiger partial charge in [-0.05, 0) is 53.6 Å². The summed E-state index contributed by atoms with van der Waals surface area (Å²) in [5.74, 6) is -4.18. The Hall–Kier alpha value is -5.39. The fourth-order valence-corrected chi connectivity index (χ4v) is 3.94. The van der Waals surface area contributed by atoms with Crippen molar-refractivity contribution in [2.24, 2.45) is 0 Å². The minimum Gasteiger partial charge on any atom is -0.504 e. The summed E-state index contributed by atoms with van der Waals surface area (Å²) in [6.07, 6.45) is -1.97. The van der Waals surface area contributed by atoms with Crippen LogP contribution >= 0.6 is 0 Å². The maximum absolute atomic E-state index is 12.4. The summed E-state index contributed by atoms with van der Waals surface area (Å²) >= 11 is 0. The third-order valence-corrected chi connectivity index (χ3v) is 5.93. The number of carboxylic acid groups (broad SMARTS) is 2. The number of hydrogen-bond acceptors (Lipinski definition) is 10. The summed E-state index contributed by atoms with van der Waals surface area (Å²) in [6, 6.07) is 12.5. The van der Waals surface area contributed by atoms with Crippen LogP contribution in [0.2, 0.25) is 0 Å². The molecule has 0 bridgehead atoms. The molecule has 0 saturated heterocycles. The van der Waals surface area contributed by atoms with Crippen LogP contribution in [0.15, 0.2) is 60.7 Å². The SMILES string of the molecule is COc1cc(CC(OC(=O)C=Cc2ccc3c(c2)OC(C(=O)O)C(c2ccc(O)c(O)c2)O3)C(=O)O)ccc1O. The molecule has 1 aliphatic heterocycles. The molecule has 0 amide bonds. The Balaban J connectivity index is 1.47. The number of aliphatic carboxylic acids is 2. The average molecular weight is 552 g/mol. The molecule has 3 aromatic rings. The highest BCUT2D eigenvalue weighted by molar-refractivity contribution is 5.89. The molecule has 1 aliphatic rings. The lowest BCUT2D eigenvalue weighted by Gasteiger charge is -2.32. The molecule has 1 heterocycles. The number of carbonyl (C=O) groups excluding carboxylic acids is 1. The van der Waals surface area contributed by atoms with Crippen molar-refractivity contribution in [1.82, 2.24) is 0 Å². The number of esters is 1. The third-order valence-electron chi connectivity index (χ3n) is 5.93. The van der Waals surface area contributed by atoms with Crippen LogP contribution in [0.4, 0.5) is 0 Å². The van der Waals surface area contributed by atoms with Crippen LogP contribution in [0.5, 0.6) is 34.5 Å². The van der Waals surface area contributed by atoms with Crippen LogP contribution in [0.25, 0.3) is 6.08 Å².